The van der Waals surface area contributed by atoms with Crippen LogP contribution in [-0.2, 0) is 0 Å². The summed E-state index contributed by atoms with van der Waals surface area (Å²) < 4.78 is 1.30. The van der Waals surface area contributed by atoms with E-state index in [0.29, 0.717) is 0 Å². The number of benzene rings is 1. The second-order valence-corrected chi connectivity index (χ2v) is 5.57. The molecular formula is C15H17NS2. The van der Waals surface area contributed by atoms with Crippen LogP contribution in [0.3, 0.4) is 0 Å². The fourth-order valence-corrected chi connectivity index (χ4v) is 2.96. The highest BCUT2D eigenvalue weighted by molar-refractivity contribution is 7.85. The molecule has 18 heavy (non-hydrogen) atoms. The third-order valence-electron chi connectivity index (χ3n) is 3.03. The largest absolute Gasteiger partial charge is 0.374 e. The van der Waals surface area contributed by atoms with Crippen molar-refractivity contribution in [1.82, 2.24) is 4.90 Å². The summed E-state index contributed by atoms with van der Waals surface area (Å²) in [7, 11) is 2.03. The maximum Gasteiger partial charge on any atom is 0.0426 e. The number of thiophene rings is 1. The predicted molar refractivity (Wildman–Crippen MR) is 86.2 cm³/mol. The van der Waals surface area contributed by atoms with Crippen molar-refractivity contribution in [3.05, 3.63) is 52.4 Å². The quantitative estimate of drug-likeness (QED) is 0.628. The van der Waals surface area contributed by atoms with Gasteiger partial charge in [0.25, 0.3) is 0 Å². The fourth-order valence-electron chi connectivity index (χ4n) is 1.73. The minimum Gasteiger partial charge on any atom is -0.374 e. The van der Waals surface area contributed by atoms with Crippen molar-refractivity contribution in [3.8, 4) is 0 Å². The smallest absolute Gasteiger partial charge is 0.0426 e. The Morgan fingerprint density at radius 3 is 2.89 bits per heavy atom. The minimum absolute atomic E-state index is 0.919. The lowest BCUT2D eigenvalue weighted by molar-refractivity contribution is 0.457. The Morgan fingerprint density at radius 2 is 2.17 bits per heavy atom. The number of thiol groups is 1. The number of fused-ring (bicyclic) bond motifs is 1. The van der Waals surface area contributed by atoms with Crippen molar-refractivity contribution in [2.75, 3.05) is 13.6 Å². The first-order valence-electron chi connectivity index (χ1n) is 5.90. The molecule has 0 amide bonds. The minimum atomic E-state index is 0.919. The van der Waals surface area contributed by atoms with Crippen LogP contribution in [0, 0.1) is 0 Å². The standard InChI is InChI=1S/C15H17NS2/c1-4-16(3)11(2)14(17)9-12-10-18-15-8-6-5-7-13(12)15/h5-10,17H,2,4H2,1,3H3/b14-9-. The van der Waals surface area contributed by atoms with Crippen LogP contribution in [0.2, 0.25) is 0 Å². The maximum atomic E-state index is 4.55. The van der Waals surface area contributed by atoms with Gasteiger partial charge in [-0.3, -0.25) is 0 Å². The molecule has 1 nitrogen and oxygen atoms in total. The first-order chi connectivity index (χ1) is 8.63. The molecule has 0 aliphatic carbocycles. The Labute approximate surface area is 118 Å². The molecule has 0 spiro atoms. The number of likely N-dealkylation sites (N-methyl/N-ethyl adjacent to an activating group) is 1. The summed E-state index contributed by atoms with van der Waals surface area (Å²) in [6, 6.07) is 8.42. The molecule has 0 radical (unpaired) electrons. The van der Waals surface area contributed by atoms with Crippen LogP contribution in [0.25, 0.3) is 16.2 Å². The fraction of sp³-hybridized carbons (Fsp3) is 0.200. The summed E-state index contributed by atoms with van der Waals surface area (Å²) in [6.07, 6.45) is 2.09. The molecule has 0 saturated carbocycles. The van der Waals surface area contributed by atoms with Gasteiger partial charge in [-0.15, -0.1) is 24.0 Å². The van der Waals surface area contributed by atoms with E-state index in [4.69, 9.17) is 0 Å². The molecular weight excluding hydrogens is 258 g/mol. The highest BCUT2D eigenvalue weighted by Crippen LogP contribution is 2.29. The molecule has 94 valence electrons. The number of hydrogen-bond donors (Lipinski definition) is 1. The zero-order valence-corrected chi connectivity index (χ0v) is 12.4. The molecule has 0 bridgehead atoms. The zero-order chi connectivity index (χ0) is 13.1. The third kappa shape index (κ3) is 2.62. The van der Waals surface area contributed by atoms with Gasteiger partial charge >= 0.3 is 0 Å². The highest BCUT2D eigenvalue weighted by atomic mass is 32.1. The summed E-state index contributed by atoms with van der Waals surface area (Å²) in [5, 5.41) is 3.45. The van der Waals surface area contributed by atoms with E-state index in [0.717, 1.165) is 17.1 Å². The molecule has 0 atom stereocenters. The average Bonchev–Trinajstić information content (AvgIpc) is 2.80. The van der Waals surface area contributed by atoms with Crippen molar-refractivity contribution in [3.63, 3.8) is 0 Å². The summed E-state index contributed by atoms with van der Waals surface area (Å²) in [6.45, 7) is 7.11. The first kappa shape index (κ1) is 13.2. The molecule has 1 heterocycles. The van der Waals surface area contributed by atoms with Crippen LogP contribution in [0.5, 0.6) is 0 Å². The van der Waals surface area contributed by atoms with E-state index >= 15 is 0 Å². The topological polar surface area (TPSA) is 3.24 Å². The average molecular weight is 275 g/mol. The molecule has 0 unspecified atom stereocenters. The second kappa shape index (κ2) is 5.63. The van der Waals surface area contributed by atoms with Crippen molar-refractivity contribution in [2.45, 2.75) is 6.92 Å². The molecule has 0 saturated heterocycles. The Kier molecular flexibility index (Phi) is 4.15. The van der Waals surface area contributed by atoms with E-state index in [1.807, 2.05) is 7.05 Å². The molecule has 0 fully saturated rings. The van der Waals surface area contributed by atoms with Gasteiger partial charge in [0.1, 0.15) is 0 Å². The molecule has 0 aliphatic heterocycles. The number of hydrogen-bond acceptors (Lipinski definition) is 3. The number of rotatable bonds is 4. The van der Waals surface area contributed by atoms with Gasteiger partial charge in [0.2, 0.25) is 0 Å². The first-order valence-corrected chi connectivity index (χ1v) is 7.23. The zero-order valence-electron chi connectivity index (χ0n) is 10.7. The number of nitrogens with zero attached hydrogens (tertiary/aromatic N) is 1. The lowest BCUT2D eigenvalue weighted by Gasteiger charge is -2.19. The Balaban J connectivity index is 2.35. The van der Waals surface area contributed by atoms with Crippen LogP contribution in [0.15, 0.2) is 46.8 Å². The van der Waals surface area contributed by atoms with E-state index in [2.05, 4.69) is 66.8 Å². The highest BCUT2D eigenvalue weighted by Gasteiger charge is 2.05. The summed E-state index contributed by atoms with van der Waals surface area (Å²) in [5.41, 5.74) is 2.17. The van der Waals surface area contributed by atoms with E-state index in [9.17, 15) is 0 Å². The molecule has 3 heteroatoms. The summed E-state index contributed by atoms with van der Waals surface area (Å²) in [5.74, 6) is 0. The Bertz CT molecular complexity index is 595. The van der Waals surface area contributed by atoms with Gasteiger partial charge in [-0.25, -0.2) is 0 Å². The van der Waals surface area contributed by atoms with Gasteiger partial charge in [-0.05, 0) is 35.4 Å². The van der Waals surface area contributed by atoms with E-state index in [1.54, 1.807) is 11.3 Å². The molecule has 2 rings (SSSR count). The predicted octanol–water partition coefficient (Wildman–Crippen LogP) is 4.64. The lowest BCUT2D eigenvalue weighted by atomic mass is 10.1. The van der Waals surface area contributed by atoms with Crippen LogP contribution in [0.4, 0.5) is 0 Å². The Morgan fingerprint density at radius 1 is 1.44 bits per heavy atom. The Hall–Kier alpha value is -1.19. The molecule has 1 aromatic carbocycles. The third-order valence-corrected chi connectivity index (χ3v) is 4.40. The van der Waals surface area contributed by atoms with Crippen LogP contribution in [0.1, 0.15) is 12.5 Å². The van der Waals surface area contributed by atoms with Gasteiger partial charge in [0, 0.05) is 28.9 Å². The van der Waals surface area contributed by atoms with E-state index in [-0.39, 0.29) is 0 Å². The van der Waals surface area contributed by atoms with Crippen molar-refractivity contribution < 1.29 is 0 Å². The van der Waals surface area contributed by atoms with E-state index < -0.39 is 0 Å². The van der Waals surface area contributed by atoms with Gasteiger partial charge < -0.3 is 4.90 Å². The van der Waals surface area contributed by atoms with Gasteiger partial charge in [-0.2, -0.15) is 0 Å². The van der Waals surface area contributed by atoms with Crippen molar-refractivity contribution >= 4 is 40.1 Å². The molecule has 0 N–H and O–H groups in total. The normalized spacial score (nSPS) is 11.8. The monoisotopic (exact) mass is 275 g/mol. The lowest BCUT2D eigenvalue weighted by Crippen LogP contribution is -2.16. The van der Waals surface area contributed by atoms with Crippen LogP contribution in [-0.4, -0.2) is 18.5 Å². The molecule has 0 aliphatic rings. The molecule has 2 aromatic rings. The SMILES string of the molecule is C=C(/C(S)=C/c1csc2ccccc12)N(C)CC. The van der Waals surface area contributed by atoms with Crippen molar-refractivity contribution in [2.24, 2.45) is 0 Å². The maximum absolute atomic E-state index is 4.55. The van der Waals surface area contributed by atoms with Gasteiger partial charge in [0.05, 0.1) is 0 Å². The van der Waals surface area contributed by atoms with Crippen LogP contribution >= 0.6 is 24.0 Å². The summed E-state index contributed by atoms with van der Waals surface area (Å²) >= 11 is 6.31. The van der Waals surface area contributed by atoms with E-state index in [1.165, 1.54) is 15.6 Å². The second-order valence-electron chi connectivity index (χ2n) is 4.18. The van der Waals surface area contributed by atoms with Crippen LogP contribution < -0.4 is 0 Å². The molecule has 1 aromatic heterocycles. The van der Waals surface area contributed by atoms with Crippen molar-refractivity contribution in [1.29, 1.82) is 0 Å². The summed E-state index contributed by atoms with van der Waals surface area (Å²) in [4.78, 5) is 3.01. The van der Waals surface area contributed by atoms with Gasteiger partial charge in [-0.1, -0.05) is 24.8 Å². The van der Waals surface area contributed by atoms with Gasteiger partial charge in [0.15, 0.2) is 0 Å².